The molecule has 70 valence electrons. The van der Waals surface area contributed by atoms with Gasteiger partial charge in [0.15, 0.2) is 0 Å². The lowest BCUT2D eigenvalue weighted by Gasteiger charge is -2.04. The number of fused-ring (bicyclic) bond motifs is 1. The first-order valence-corrected chi connectivity index (χ1v) is 6.20. The van der Waals surface area contributed by atoms with Crippen LogP contribution >= 0.6 is 10.7 Å². The Balaban J connectivity index is 2.67. The van der Waals surface area contributed by atoms with Crippen molar-refractivity contribution < 1.29 is 8.42 Å². The highest BCUT2D eigenvalue weighted by Crippen LogP contribution is 2.31. The van der Waals surface area contributed by atoms with Gasteiger partial charge in [0.1, 0.15) is 4.90 Å². The molecule has 0 spiro atoms. The highest BCUT2D eigenvalue weighted by Gasteiger charge is 2.20. The molecule has 0 fully saturated rings. The number of hydrogen-bond acceptors (Lipinski definition) is 3. The Bertz CT molecular complexity index is 441. The Labute approximate surface area is 81.1 Å². The Hall–Kier alpha value is -0.740. The fraction of sp³-hybridized carbons (Fsp3) is 0.250. The molecule has 1 aromatic rings. The molecular weight excluding hydrogens is 210 g/mol. The van der Waals surface area contributed by atoms with Gasteiger partial charge in [0, 0.05) is 17.2 Å². The number of anilines is 1. The summed E-state index contributed by atoms with van der Waals surface area (Å²) < 4.78 is 22.2. The molecule has 0 amide bonds. The van der Waals surface area contributed by atoms with E-state index in [4.69, 9.17) is 10.7 Å². The van der Waals surface area contributed by atoms with Gasteiger partial charge in [-0.25, -0.2) is 8.42 Å². The topological polar surface area (TPSA) is 46.2 Å². The second-order valence-electron chi connectivity index (χ2n) is 2.90. The molecule has 13 heavy (non-hydrogen) atoms. The van der Waals surface area contributed by atoms with Crippen molar-refractivity contribution >= 4 is 25.4 Å². The maximum absolute atomic E-state index is 11.1. The van der Waals surface area contributed by atoms with E-state index in [1.165, 1.54) is 6.07 Å². The lowest BCUT2D eigenvalue weighted by molar-refractivity contribution is 0.610. The van der Waals surface area contributed by atoms with Crippen LogP contribution in [-0.2, 0) is 15.5 Å². The zero-order valence-electron chi connectivity index (χ0n) is 6.75. The van der Waals surface area contributed by atoms with Gasteiger partial charge >= 0.3 is 0 Å². The maximum atomic E-state index is 11.1. The van der Waals surface area contributed by atoms with Crippen LogP contribution in [0.1, 0.15) is 5.56 Å². The van der Waals surface area contributed by atoms with E-state index in [0.29, 0.717) is 5.69 Å². The van der Waals surface area contributed by atoms with Gasteiger partial charge in [0.2, 0.25) is 0 Å². The fourth-order valence-corrected chi connectivity index (χ4v) is 2.58. The van der Waals surface area contributed by atoms with E-state index < -0.39 is 9.05 Å². The van der Waals surface area contributed by atoms with Gasteiger partial charge in [0.25, 0.3) is 9.05 Å². The van der Waals surface area contributed by atoms with E-state index in [1.54, 1.807) is 6.07 Å². The molecule has 1 heterocycles. The second kappa shape index (κ2) is 2.89. The first kappa shape index (κ1) is 8.84. The molecule has 5 heteroatoms. The molecule has 1 aliphatic heterocycles. The van der Waals surface area contributed by atoms with Gasteiger partial charge in [-0.05, 0) is 18.1 Å². The van der Waals surface area contributed by atoms with Crippen LogP contribution in [0.5, 0.6) is 0 Å². The largest absolute Gasteiger partial charge is 0.383 e. The van der Waals surface area contributed by atoms with E-state index in [2.05, 4.69) is 5.32 Å². The molecule has 0 saturated carbocycles. The summed E-state index contributed by atoms with van der Waals surface area (Å²) in [6.45, 7) is 0.777. The minimum absolute atomic E-state index is 0.184. The van der Waals surface area contributed by atoms with E-state index >= 15 is 0 Å². The SMILES string of the molecule is O=S(=O)(Cl)c1cccc2c1NCC2. The van der Waals surface area contributed by atoms with Crippen molar-refractivity contribution in [3.63, 3.8) is 0 Å². The molecular formula is C8H8ClNO2S. The van der Waals surface area contributed by atoms with E-state index in [0.717, 1.165) is 18.5 Å². The zero-order chi connectivity index (χ0) is 9.47. The molecule has 0 aromatic heterocycles. The summed E-state index contributed by atoms with van der Waals surface area (Å²) in [5, 5.41) is 3.01. The Morgan fingerprint density at radius 1 is 1.38 bits per heavy atom. The third-order valence-electron chi connectivity index (χ3n) is 2.07. The number of benzene rings is 1. The van der Waals surface area contributed by atoms with Crippen molar-refractivity contribution in [3.05, 3.63) is 23.8 Å². The predicted molar refractivity (Wildman–Crippen MR) is 51.7 cm³/mol. The molecule has 1 aliphatic rings. The van der Waals surface area contributed by atoms with Crippen molar-refractivity contribution in [2.45, 2.75) is 11.3 Å². The van der Waals surface area contributed by atoms with Crippen LogP contribution in [0.2, 0.25) is 0 Å². The van der Waals surface area contributed by atoms with E-state index in [-0.39, 0.29) is 4.90 Å². The number of nitrogens with one attached hydrogen (secondary N) is 1. The Morgan fingerprint density at radius 2 is 2.15 bits per heavy atom. The summed E-state index contributed by atoms with van der Waals surface area (Å²) in [6, 6.07) is 5.13. The molecule has 0 bridgehead atoms. The third kappa shape index (κ3) is 1.51. The van der Waals surface area contributed by atoms with Crippen LogP contribution in [0, 0.1) is 0 Å². The fourth-order valence-electron chi connectivity index (χ4n) is 1.51. The average molecular weight is 218 g/mol. The van der Waals surface area contributed by atoms with Crippen molar-refractivity contribution in [2.24, 2.45) is 0 Å². The molecule has 0 unspecified atom stereocenters. The van der Waals surface area contributed by atoms with Crippen LogP contribution in [-0.4, -0.2) is 15.0 Å². The number of hydrogen-bond donors (Lipinski definition) is 1. The van der Waals surface area contributed by atoms with Crippen molar-refractivity contribution in [1.29, 1.82) is 0 Å². The summed E-state index contributed by atoms with van der Waals surface area (Å²) in [5.41, 5.74) is 1.68. The molecule has 3 nitrogen and oxygen atoms in total. The summed E-state index contributed by atoms with van der Waals surface area (Å²) in [6.07, 6.45) is 0.857. The number of para-hydroxylation sites is 1. The first-order chi connectivity index (χ1) is 6.09. The van der Waals surface area contributed by atoms with Crippen LogP contribution in [0.3, 0.4) is 0 Å². The molecule has 0 atom stereocenters. The second-order valence-corrected chi connectivity index (χ2v) is 5.44. The smallest absolute Gasteiger partial charge is 0.263 e. The first-order valence-electron chi connectivity index (χ1n) is 3.89. The number of rotatable bonds is 1. The quantitative estimate of drug-likeness (QED) is 0.727. The highest BCUT2D eigenvalue weighted by molar-refractivity contribution is 8.13. The van der Waals surface area contributed by atoms with Crippen LogP contribution in [0.4, 0.5) is 5.69 Å². The average Bonchev–Trinajstić information content (AvgIpc) is 2.48. The molecule has 1 N–H and O–H groups in total. The van der Waals surface area contributed by atoms with Gasteiger partial charge in [-0.1, -0.05) is 12.1 Å². The Kier molecular flexibility index (Phi) is 1.96. The summed E-state index contributed by atoms with van der Waals surface area (Å²) in [4.78, 5) is 0.184. The summed E-state index contributed by atoms with van der Waals surface area (Å²) >= 11 is 0. The molecule has 1 aromatic carbocycles. The van der Waals surface area contributed by atoms with Gasteiger partial charge in [-0.15, -0.1) is 0 Å². The molecule has 0 saturated heterocycles. The minimum atomic E-state index is -3.62. The van der Waals surface area contributed by atoms with Gasteiger partial charge < -0.3 is 5.32 Å². The van der Waals surface area contributed by atoms with E-state index in [9.17, 15) is 8.42 Å². The van der Waals surface area contributed by atoms with Gasteiger partial charge in [-0.3, -0.25) is 0 Å². The molecule has 2 rings (SSSR count). The highest BCUT2D eigenvalue weighted by atomic mass is 35.7. The lowest BCUT2D eigenvalue weighted by atomic mass is 10.2. The molecule has 0 radical (unpaired) electrons. The van der Waals surface area contributed by atoms with Crippen molar-refractivity contribution in [2.75, 3.05) is 11.9 Å². The summed E-state index contributed by atoms with van der Waals surface area (Å²) in [5.74, 6) is 0. The van der Waals surface area contributed by atoms with Crippen LogP contribution in [0.25, 0.3) is 0 Å². The normalized spacial score (nSPS) is 15.2. The van der Waals surface area contributed by atoms with Crippen LogP contribution < -0.4 is 5.32 Å². The Morgan fingerprint density at radius 3 is 2.85 bits per heavy atom. The third-order valence-corrected chi connectivity index (χ3v) is 3.44. The van der Waals surface area contributed by atoms with Crippen LogP contribution in [0.15, 0.2) is 23.1 Å². The van der Waals surface area contributed by atoms with Gasteiger partial charge in [0.05, 0.1) is 5.69 Å². The monoisotopic (exact) mass is 217 g/mol. The standard InChI is InChI=1S/C8H8ClNO2S/c9-13(11,12)7-3-1-2-6-4-5-10-8(6)7/h1-3,10H,4-5H2. The predicted octanol–water partition coefficient (Wildman–Crippen LogP) is 1.58. The minimum Gasteiger partial charge on any atom is -0.383 e. The number of halogens is 1. The van der Waals surface area contributed by atoms with Gasteiger partial charge in [-0.2, -0.15) is 0 Å². The maximum Gasteiger partial charge on any atom is 0.263 e. The zero-order valence-corrected chi connectivity index (χ0v) is 8.32. The summed E-state index contributed by atoms with van der Waals surface area (Å²) in [7, 11) is 1.66. The van der Waals surface area contributed by atoms with E-state index in [1.807, 2.05) is 6.07 Å². The lowest BCUT2D eigenvalue weighted by Crippen LogP contribution is -1.98. The van der Waals surface area contributed by atoms with Crippen molar-refractivity contribution in [1.82, 2.24) is 0 Å². The van der Waals surface area contributed by atoms with Crippen molar-refractivity contribution in [3.8, 4) is 0 Å². The molecule has 0 aliphatic carbocycles.